The van der Waals surface area contributed by atoms with Crippen LogP contribution in [0.4, 0.5) is 0 Å². The maximum Gasteiger partial charge on any atom is 0.371 e. The van der Waals surface area contributed by atoms with E-state index in [-0.39, 0.29) is 18.2 Å². The summed E-state index contributed by atoms with van der Waals surface area (Å²) in [7, 11) is 1.60. The molecule has 0 aliphatic carbocycles. The fourth-order valence-corrected chi connectivity index (χ4v) is 1.95. The van der Waals surface area contributed by atoms with Crippen molar-refractivity contribution in [3.8, 4) is 5.75 Å². The first-order valence-electron chi connectivity index (χ1n) is 6.80. The maximum absolute atomic E-state index is 11.8. The molecule has 0 unspecified atom stereocenters. The molecule has 0 aliphatic rings. The lowest BCUT2D eigenvalue weighted by molar-refractivity contribution is -0.121. The van der Waals surface area contributed by atoms with E-state index in [1.54, 1.807) is 7.11 Å². The minimum absolute atomic E-state index is 0.129. The molecule has 0 radical (unpaired) electrons. The molecule has 1 aromatic carbocycles. The number of carboxylic acid groups (broad SMARTS) is 1. The molecule has 0 fully saturated rings. The Labute approximate surface area is 127 Å². The van der Waals surface area contributed by atoms with E-state index in [1.807, 2.05) is 24.3 Å². The van der Waals surface area contributed by atoms with Crippen LogP contribution in [0.1, 0.15) is 28.3 Å². The van der Waals surface area contributed by atoms with Crippen LogP contribution in [0.2, 0.25) is 0 Å². The lowest BCUT2D eigenvalue weighted by atomic mass is 10.1. The van der Waals surface area contributed by atoms with E-state index >= 15 is 0 Å². The molecule has 1 aromatic heterocycles. The molecule has 0 saturated carbocycles. The monoisotopic (exact) mass is 303 g/mol. The van der Waals surface area contributed by atoms with Gasteiger partial charge in [-0.3, -0.25) is 4.79 Å². The number of aryl methyl sites for hydroxylation is 1. The van der Waals surface area contributed by atoms with Gasteiger partial charge in [-0.1, -0.05) is 12.1 Å². The topological polar surface area (TPSA) is 88.8 Å². The standard InChI is InChI=1S/C16H17NO5/c1-21-12-4-2-3-11(9-12)5-8-15(18)17-10-13-6-7-14(22-13)16(19)20/h2-4,6-7,9H,5,8,10H2,1H3,(H,17,18)(H,19,20). The molecule has 2 rings (SSSR count). The minimum atomic E-state index is -1.13. The van der Waals surface area contributed by atoms with Crippen molar-refractivity contribution in [2.45, 2.75) is 19.4 Å². The van der Waals surface area contributed by atoms with Gasteiger partial charge in [0, 0.05) is 6.42 Å². The van der Waals surface area contributed by atoms with E-state index in [0.29, 0.717) is 18.6 Å². The second kappa shape index (κ2) is 7.31. The molecular weight excluding hydrogens is 286 g/mol. The summed E-state index contributed by atoms with van der Waals surface area (Å²) in [5.41, 5.74) is 1.01. The Morgan fingerprint density at radius 1 is 1.27 bits per heavy atom. The Kier molecular flexibility index (Phi) is 5.19. The molecule has 0 saturated heterocycles. The Morgan fingerprint density at radius 2 is 2.09 bits per heavy atom. The van der Waals surface area contributed by atoms with Crippen molar-refractivity contribution >= 4 is 11.9 Å². The van der Waals surface area contributed by atoms with Gasteiger partial charge in [-0.2, -0.15) is 0 Å². The molecule has 0 bridgehead atoms. The second-order valence-corrected chi connectivity index (χ2v) is 4.70. The molecule has 1 heterocycles. The van der Waals surface area contributed by atoms with Gasteiger partial charge in [0.15, 0.2) is 0 Å². The SMILES string of the molecule is COc1cccc(CCC(=O)NCc2ccc(C(=O)O)o2)c1. The van der Waals surface area contributed by atoms with Crippen molar-refractivity contribution in [3.63, 3.8) is 0 Å². The third kappa shape index (κ3) is 4.37. The predicted octanol–water partition coefficient (Wildman–Crippen LogP) is 2.24. The summed E-state index contributed by atoms with van der Waals surface area (Å²) in [6.45, 7) is 0.171. The Hall–Kier alpha value is -2.76. The number of methoxy groups -OCH3 is 1. The first-order valence-corrected chi connectivity index (χ1v) is 6.80. The summed E-state index contributed by atoms with van der Waals surface area (Å²) in [6.07, 6.45) is 0.932. The summed E-state index contributed by atoms with van der Waals surface area (Å²) >= 11 is 0. The highest BCUT2D eigenvalue weighted by Crippen LogP contribution is 2.14. The molecular formula is C16H17NO5. The number of carbonyl (C=O) groups excluding carboxylic acids is 1. The van der Waals surface area contributed by atoms with Gasteiger partial charge in [0.1, 0.15) is 11.5 Å². The molecule has 6 nitrogen and oxygen atoms in total. The number of hydrogen-bond donors (Lipinski definition) is 2. The predicted molar refractivity (Wildman–Crippen MR) is 78.8 cm³/mol. The van der Waals surface area contributed by atoms with Crippen molar-refractivity contribution in [2.75, 3.05) is 7.11 Å². The Balaban J connectivity index is 1.78. The molecule has 2 N–H and O–H groups in total. The number of benzene rings is 1. The number of carbonyl (C=O) groups is 2. The van der Waals surface area contributed by atoms with Crippen LogP contribution in [0, 0.1) is 0 Å². The highest BCUT2D eigenvalue weighted by atomic mass is 16.5. The molecule has 22 heavy (non-hydrogen) atoms. The van der Waals surface area contributed by atoms with Crippen LogP contribution in [0.25, 0.3) is 0 Å². The lowest BCUT2D eigenvalue weighted by Gasteiger charge is -2.05. The summed E-state index contributed by atoms with van der Waals surface area (Å²) in [6, 6.07) is 10.4. The zero-order valence-electron chi connectivity index (χ0n) is 12.2. The quantitative estimate of drug-likeness (QED) is 0.819. The summed E-state index contributed by atoms with van der Waals surface area (Å²) in [4.78, 5) is 22.5. The lowest BCUT2D eigenvalue weighted by Crippen LogP contribution is -2.22. The smallest absolute Gasteiger partial charge is 0.371 e. The highest BCUT2D eigenvalue weighted by Gasteiger charge is 2.10. The average molecular weight is 303 g/mol. The van der Waals surface area contributed by atoms with Crippen LogP contribution in [-0.2, 0) is 17.8 Å². The molecule has 116 valence electrons. The van der Waals surface area contributed by atoms with Crippen molar-refractivity contribution in [1.82, 2.24) is 5.32 Å². The number of carboxylic acids is 1. The Morgan fingerprint density at radius 3 is 2.77 bits per heavy atom. The first kappa shape index (κ1) is 15.6. The van der Waals surface area contributed by atoms with Crippen LogP contribution in [0.3, 0.4) is 0 Å². The number of ether oxygens (including phenoxy) is 1. The third-order valence-corrected chi connectivity index (χ3v) is 3.11. The molecule has 6 heteroatoms. The van der Waals surface area contributed by atoms with Crippen molar-refractivity contribution < 1.29 is 23.8 Å². The van der Waals surface area contributed by atoms with E-state index < -0.39 is 5.97 Å². The van der Waals surface area contributed by atoms with Crippen LogP contribution >= 0.6 is 0 Å². The number of amides is 1. The fraction of sp³-hybridized carbons (Fsp3) is 0.250. The number of hydrogen-bond acceptors (Lipinski definition) is 4. The van der Waals surface area contributed by atoms with Gasteiger partial charge in [-0.05, 0) is 36.2 Å². The van der Waals surface area contributed by atoms with Crippen LogP contribution in [-0.4, -0.2) is 24.1 Å². The molecule has 1 amide bonds. The average Bonchev–Trinajstić information content (AvgIpc) is 3.00. The van der Waals surface area contributed by atoms with Crippen molar-refractivity contribution in [3.05, 3.63) is 53.5 Å². The number of furan rings is 1. The van der Waals surface area contributed by atoms with E-state index in [1.165, 1.54) is 12.1 Å². The minimum Gasteiger partial charge on any atom is -0.497 e. The van der Waals surface area contributed by atoms with Gasteiger partial charge in [0.05, 0.1) is 13.7 Å². The Bertz CT molecular complexity index is 662. The van der Waals surface area contributed by atoms with E-state index in [0.717, 1.165) is 11.3 Å². The van der Waals surface area contributed by atoms with Crippen molar-refractivity contribution in [2.24, 2.45) is 0 Å². The largest absolute Gasteiger partial charge is 0.497 e. The van der Waals surface area contributed by atoms with Crippen LogP contribution in [0.15, 0.2) is 40.8 Å². The van der Waals surface area contributed by atoms with E-state index in [9.17, 15) is 9.59 Å². The molecule has 0 aliphatic heterocycles. The fourth-order valence-electron chi connectivity index (χ4n) is 1.95. The summed E-state index contributed by atoms with van der Waals surface area (Å²) in [5.74, 6) is -0.228. The van der Waals surface area contributed by atoms with Gasteiger partial charge in [0.25, 0.3) is 0 Å². The van der Waals surface area contributed by atoms with Crippen molar-refractivity contribution in [1.29, 1.82) is 0 Å². The summed E-state index contributed by atoms with van der Waals surface area (Å²) < 4.78 is 10.2. The number of aromatic carboxylic acids is 1. The third-order valence-electron chi connectivity index (χ3n) is 3.11. The van der Waals surface area contributed by atoms with E-state index in [4.69, 9.17) is 14.3 Å². The highest BCUT2D eigenvalue weighted by molar-refractivity contribution is 5.84. The summed E-state index contributed by atoms with van der Waals surface area (Å²) in [5, 5.41) is 11.4. The molecule has 0 atom stereocenters. The zero-order chi connectivity index (χ0) is 15.9. The number of nitrogens with one attached hydrogen (secondary N) is 1. The molecule has 0 spiro atoms. The van der Waals surface area contributed by atoms with Crippen LogP contribution in [0.5, 0.6) is 5.75 Å². The van der Waals surface area contributed by atoms with E-state index in [2.05, 4.69) is 5.32 Å². The van der Waals surface area contributed by atoms with Gasteiger partial charge < -0.3 is 19.6 Å². The second-order valence-electron chi connectivity index (χ2n) is 4.70. The molecule has 2 aromatic rings. The zero-order valence-corrected chi connectivity index (χ0v) is 12.2. The number of rotatable bonds is 7. The van der Waals surface area contributed by atoms with Crippen LogP contribution < -0.4 is 10.1 Å². The normalized spacial score (nSPS) is 10.2. The van der Waals surface area contributed by atoms with Gasteiger partial charge in [-0.25, -0.2) is 4.79 Å². The first-order chi connectivity index (χ1) is 10.6. The van der Waals surface area contributed by atoms with Gasteiger partial charge in [-0.15, -0.1) is 0 Å². The maximum atomic E-state index is 11.8. The van der Waals surface area contributed by atoms with Gasteiger partial charge >= 0.3 is 5.97 Å². The van der Waals surface area contributed by atoms with Gasteiger partial charge in [0.2, 0.25) is 11.7 Å².